The number of likely N-dealkylation sites (tertiary alicyclic amines) is 1. The molecule has 5 rings (SSSR count). The molecule has 2 fully saturated rings. The highest BCUT2D eigenvalue weighted by Crippen LogP contribution is 2.48. The Balaban J connectivity index is 1.33. The molecule has 1 aromatic heterocycles. The zero-order chi connectivity index (χ0) is 39.3. The molecule has 0 radical (unpaired) electrons. The van der Waals surface area contributed by atoms with E-state index in [-0.39, 0.29) is 34.6 Å². The first-order valence-corrected chi connectivity index (χ1v) is 18.7. The second-order valence-corrected chi connectivity index (χ2v) is 15.2. The van der Waals surface area contributed by atoms with E-state index in [1.165, 1.54) is 11.2 Å². The van der Waals surface area contributed by atoms with Crippen LogP contribution in [0.5, 0.6) is 23.1 Å². The van der Waals surface area contributed by atoms with Gasteiger partial charge in [0.05, 0.1) is 5.56 Å². The van der Waals surface area contributed by atoms with E-state index >= 15 is 4.39 Å². The van der Waals surface area contributed by atoms with Crippen LogP contribution in [0.3, 0.4) is 0 Å². The van der Waals surface area contributed by atoms with Gasteiger partial charge < -0.3 is 33.8 Å². The van der Waals surface area contributed by atoms with E-state index in [0.717, 1.165) is 63.7 Å². The first kappa shape index (κ1) is 40.5. The van der Waals surface area contributed by atoms with Crippen LogP contribution in [-0.2, 0) is 14.4 Å². The van der Waals surface area contributed by atoms with Gasteiger partial charge in [0.15, 0.2) is 17.4 Å². The molecule has 0 saturated carbocycles. The third-order valence-electron chi connectivity index (χ3n) is 10.6. The summed E-state index contributed by atoms with van der Waals surface area (Å²) in [6, 6.07) is 1.08. The highest BCUT2D eigenvalue weighted by Gasteiger charge is 2.50. The Morgan fingerprint density at radius 2 is 1.70 bits per heavy atom. The maximum Gasteiger partial charge on any atom is 0.336 e. The van der Waals surface area contributed by atoms with Crippen molar-refractivity contribution in [3.8, 4) is 23.1 Å². The fourth-order valence-corrected chi connectivity index (χ4v) is 7.50. The Labute approximate surface area is 316 Å². The summed E-state index contributed by atoms with van der Waals surface area (Å²) in [5, 5.41) is 8.15. The van der Waals surface area contributed by atoms with E-state index in [1.807, 2.05) is 20.9 Å². The van der Waals surface area contributed by atoms with Gasteiger partial charge in [-0.3, -0.25) is 14.5 Å². The number of anilines is 1. The second-order valence-electron chi connectivity index (χ2n) is 15.2. The summed E-state index contributed by atoms with van der Waals surface area (Å²) >= 11 is 0. The largest absolute Gasteiger partial charge is 0.430 e. The molecule has 4 heterocycles. The van der Waals surface area contributed by atoms with Crippen LogP contribution < -0.4 is 19.1 Å². The van der Waals surface area contributed by atoms with E-state index < -0.39 is 35.2 Å². The minimum absolute atomic E-state index is 0.0325. The zero-order valence-corrected chi connectivity index (χ0v) is 32.6. The minimum atomic E-state index is -1.09. The van der Waals surface area contributed by atoms with Crippen LogP contribution in [-0.4, -0.2) is 137 Å². The molecule has 2 saturated heterocycles. The third kappa shape index (κ3) is 9.14. The first-order chi connectivity index (χ1) is 25.6. The molecule has 15 nitrogen and oxygen atoms in total. The van der Waals surface area contributed by atoms with Crippen LogP contribution in [0.1, 0.15) is 71.2 Å². The van der Waals surface area contributed by atoms with Crippen molar-refractivity contribution in [3.05, 3.63) is 35.9 Å². The van der Waals surface area contributed by atoms with E-state index in [0.29, 0.717) is 44.0 Å². The molecule has 294 valence electrons. The molecule has 0 aliphatic carbocycles. The van der Waals surface area contributed by atoms with Crippen LogP contribution in [0.25, 0.3) is 0 Å². The lowest BCUT2D eigenvalue weighted by Gasteiger charge is -2.53. The first-order valence-electron chi connectivity index (χ1n) is 18.7. The van der Waals surface area contributed by atoms with Crippen LogP contribution in [0.4, 0.5) is 10.2 Å². The van der Waals surface area contributed by atoms with Gasteiger partial charge in [0, 0.05) is 89.4 Å². The number of fused-ring (bicyclic) bond motifs is 1. The molecule has 1 unspecified atom stereocenters. The molecule has 2 aromatic rings. The Hall–Kier alpha value is -4.70. The molecule has 3 aliphatic heterocycles. The predicted molar refractivity (Wildman–Crippen MR) is 198 cm³/mol. The van der Waals surface area contributed by atoms with Gasteiger partial charge in [0.1, 0.15) is 6.33 Å². The number of nitrogens with zero attached hydrogens (tertiary/aromatic N) is 8. The number of benzene rings is 1. The highest BCUT2D eigenvalue weighted by molar-refractivity contribution is 6.01. The van der Waals surface area contributed by atoms with Gasteiger partial charge >= 0.3 is 11.9 Å². The van der Waals surface area contributed by atoms with E-state index in [9.17, 15) is 19.2 Å². The fraction of sp³-hybridized carbons (Fsp3) is 0.605. The van der Waals surface area contributed by atoms with Gasteiger partial charge in [0.2, 0.25) is 17.4 Å². The molecule has 1 aromatic carbocycles. The third-order valence-corrected chi connectivity index (χ3v) is 10.6. The number of hydrogen-bond donors (Lipinski definition) is 0. The number of rotatable bonds is 15. The Kier molecular flexibility index (Phi) is 12.9. The van der Waals surface area contributed by atoms with Gasteiger partial charge in [-0.2, -0.15) is 0 Å². The summed E-state index contributed by atoms with van der Waals surface area (Å²) in [6.45, 7) is 17.5. The van der Waals surface area contributed by atoms with Crippen molar-refractivity contribution < 1.29 is 37.8 Å². The molecule has 0 N–H and O–H groups in total. The molecule has 0 bridgehead atoms. The van der Waals surface area contributed by atoms with Crippen LogP contribution in [0.2, 0.25) is 0 Å². The topological polar surface area (TPSA) is 151 Å². The quantitative estimate of drug-likeness (QED) is 0.192. The van der Waals surface area contributed by atoms with Gasteiger partial charge in [-0.05, 0) is 65.6 Å². The van der Waals surface area contributed by atoms with E-state index in [1.54, 1.807) is 18.7 Å². The molecule has 1 spiro atoms. The lowest BCUT2D eigenvalue weighted by molar-refractivity contribution is -0.133. The van der Waals surface area contributed by atoms with Crippen molar-refractivity contribution in [1.29, 1.82) is 0 Å². The lowest BCUT2D eigenvalue weighted by Crippen LogP contribution is -2.62. The summed E-state index contributed by atoms with van der Waals surface area (Å²) < 4.78 is 32.5. The number of halogens is 1. The number of amides is 2. The van der Waals surface area contributed by atoms with Crippen LogP contribution >= 0.6 is 0 Å². The van der Waals surface area contributed by atoms with Crippen LogP contribution in [0.15, 0.2) is 24.5 Å². The summed E-state index contributed by atoms with van der Waals surface area (Å²) in [5.74, 6) is -4.46. The summed E-state index contributed by atoms with van der Waals surface area (Å²) in [5.41, 5.74) is -0.223. The van der Waals surface area contributed by atoms with Crippen molar-refractivity contribution in [3.63, 3.8) is 0 Å². The smallest absolute Gasteiger partial charge is 0.336 e. The fourth-order valence-electron chi connectivity index (χ4n) is 7.50. The summed E-state index contributed by atoms with van der Waals surface area (Å²) in [7, 11) is 3.92. The number of carbonyl (C=O) groups excluding carboxylic acids is 4. The normalized spacial score (nSPS) is 17.8. The number of esters is 2. The minimum Gasteiger partial charge on any atom is -0.430 e. The number of ether oxygens (including phenoxy) is 3. The monoisotopic (exact) mass is 752 g/mol. The van der Waals surface area contributed by atoms with Crippen molar-refractivity contribution in [2.45, 2.75) is 72.9 Å². The molecular formula is C38H53FN8O7. The Bertz CT molecular complexity index is 1750. The summed E-state index contributed by atoms with van der Waals surface area (Å²) in [6.07, 6.45) is 6.01. The van der Waals surface area contributed by atoms with Gasteiger partial charge in [-0.1, -0.05) is 13.8 Å². The van der Waals surface area contributed by atoms with Gasteiger partial charge in [0.25, 0.3) is 11.8 Å². The van der Waals surface area contributed by atoms with Gasteiger partial charge in [-0.25, -0.2) is 19.0 Å². The predicted octanol–water partition coefficient (Wildman–Crippen LogP) is 3.78. The lowest BCUT2D eigenvalue weighted by atomic mass is 9.76. The number of likely N-dealkylation sites (N-methyl/N-ethyl adjacent to an activating group) is 2. The van der Waals surface area contributed by atoms with Crippen molar-refractivity contribution in [1.82, 2.24) is 34.8 Å². The van der Waals surface area contributed by atoms with E-state index in [4.69, 9.17) is 14.2 Å². The number of hydrogen-bond acceptors (Lipinski definition) is 13. The molecule has 3 aliphatic rings. The molecule has 1 atom stereocenters. The van der Waals surface area contributed by atoms with Gasteiger partial charge in [-0.15, -0.1) is 10.2 Å². The molecule has 54 heavy (non-hydrogen) atoms. The van der Waals surface area contributed by atoms with Crippen molar-refractivity contribution >= 4 is 29.6 Å². The maximum atomic E-state index is 15.6. The summed E-state index contributed by atoms with van der Waals surface area (Å²) in [4.78, 5) is 65.1. The van der Waals surface area contributed by atoms with Crippen molar-refractivity contribution in [2.24, 2.45) is 11.3 Å². The molecule has 2 amide bonds. The van der Waals surface area contributed by atoms with Crippen molar-refractivity contribution in [2.75, 3.05) is 71.4 Å². The standard InChI is InChI=1S/C38H53FN8O7/c1-9-47(25(4)5)37(51)27-19-28(39)33-34(53-31(50)13-12-30(49)52-33)32(27)54-36-35(40-23-41-42-36)45-16-14-38(20-45)21-46(22-38)29(24(2)3)11-10-15-43(7)17-18-44(8)26(6)48/h12-13,19,23-25,29H,9-11,14-18,20-22H2,1-8H3/b13-12+. The molecular weight excluding hydrogens is 699 g/mol. The van der Waals surface area contributed by atoms with Crippen LogP contribution in [0, 0.1) is 17.2 Å². The average molecular weight is 753 g/mol. The van der Waals surface area contributed by atoms with E-state index in [2.05, 4.69) is 50.8 Å². The number of carbonyl (C=O) groups is 4. The number of aromatic nitrogens is 3. The highest BCUT2D eigenvalue weighted by atomic mass is 19.1. The maximum absolute atomic E-state index is 15.6. The SMILES string of the molecule is CCN(C(=O)c1cc(F)c2c(c1Oc1nncnc1N1CCC3(C1)CN(C(CCCN(C)CCN(C)C(C)=O)C(C)C)C3)OC(=O)/C=C/C(=O)O2)C(C)C. The Morgan fingerprint density at radius 3 is 2.33 bits per heavy atom. The second kappa shape index (κ2) is 17.2. The Morgan fingerprint density at radius 1 is 1.02 bits per heavy atom. The average Bonchev–Trinajstić information content (AvgIpc) is 3.55. The zero-order valence-electron chi connectivity index (χ0n) is 32.6. The molecule has 16 heteroatoms.